The normalized spacial score (nSPS) is 15.5. The Hall–Kier alpha value is -2.51. The van der Waals surface area contributed by atoms with E-state index in [4.69, 9.17) is 11.6 Å². The molecule has 1 saturated heterocycles. The van der Waals surface area contributed by atoms with Crippen LogP contribution >= 0.6 is 23.4 Å². The molecule has 3 amide bonds. The first kappa shape index (κ1) is 22.2. The third-order valence-corrected chi connectivity index (χ3v) is 5.88. The minimum Gasteiger partial charge on any atom is -0.354 e. The maximum Gasteiger partial charge on any atom is 0.294 e. The summed E-state index contributed by atoms with van der Waals surface area (Å²) >= 11 is 6.84. The van der Waals surface area contributed by atoms with Gasteiger partial charge in [-0.3, -0.25) is 19.3 Å². The van der Waals surface area contributed by atoms with Gasteiger partial charge >= 0.3 is 0 Å². The second kappa shape index (κ2) is 9.10. The number of thioether (sulfide) groups is 1. The quantitative estimate of drug-likeness (QED) is 0.662. The van der Waals surface area contributed by atoms with Crippen molar-refractivity contribution in [3.8, 4) is 5.69 Å². The van der Waals surface area contributed by atoms with Crippen molar-refractivity contribution in [2.24, 2.45) is 5.92 Å². The molecule has 1 fully saturated rings. The van der Waals surface area contributed by atoms with Crippen molar-refractivity contribution < 1.29 is 14.4 Å². The molecule has 8 heteroatoms. The van der Waals surface area contributed by atoms with Crippen LogP contribution < -0.4 is 5.32 Å². The highest BCUT2D eigenvalue weighted by atomic mass is 35.5. The molecule has 1 aliphatic rings. The molecule has 0 radical (unpaired) electrons. The fourth-order valence-electron chi connectivity index (χ4n) is 3.22. The number of amides is 3. The second-order valence-corrected chi connectivity index (χ2v) is 9.03. The monoisotopic (exact) mass is 445 g/mol. The van der Waals surface area contributed by atoms with Gasteiger partial charge in [-0.1, -0.05) is 25.4 Å². The number of carbonyl (C=O) groups is 3. The molecule has 0 saturated carbocycles. The van der Waals surface area contributed by atoms with E-state index in [2.05, 4.69) is 9.88 Å². The molecule has 6 nitrogen and oxygen atoms in total. The number of rotatable bonds is 6. The fraction of sp³-hybridized carbons (Fsp3) is 0.318. The van der Waals surface area contributed by atoms with Crippen LogP contribution in [0.5, 0.6) is 0 Å². The zero-order valence-corrected chi connectivity index (χ0v) is 18.9. The highest BCUT2D eigenvalue weighted by molar-refractivity contribution is 8.18. The molecule has 1 aromatic carbocycles. The van der Waals surface area contributed by atoms with E-state index in [1.54, 1.807) is 6.08 Å². The third-order valence-electron chi connectivity index (χ3n) is 4.72. The summed E-state index contributed by atoms with van der Waals surface area (Å²) in [5.74, 6) is -0.492. The molecule has 2 aromatic rings. The lowest BCUT2D eigenvalue weighted by atomic mass is 10.2. The minimum absolute atomic E-state index is 0.265. The molecule has 30 heavy (non-hydrogen) atoms. The standard InChI is InChI=1S/C22H24ClN3O3S/c1-13(2)11-24-20(27)12-25-21(28)19(30-22(25)29)10-16-9-14(3)26(15(16)4)18-7-5-17(23)6-8-18/h5-10,13H,11-12H2,1-4H3,(H,24,27)/b19-10-. The topological polar surface area (TPSA) is 71.4 Å². The van der Waals surface area contributed by atoms with Gasteiger partial charge in [0.15, 0.2) is 0 Å². The van der Waals surface area contributed by atoms with Gasteiger partial charge in [-0.05, 0) is 73.5 Å². The number of benzene rings is 1. The third kappa shape index (κ3) is 4.79. The van der Waals surface area contributed by atoms with Gasteiger partial charge in [0.25, 0.3) is 11.1 Å². The number of aromatic nitrogens is 1. The largest absolute Gasteiger partial charge is 0.354 e. The Labute approximate surface area is 185 Å². The van der Waals surface area contributed by atoms with Crippen molar-refractivity contribution in [1.29, 1.82) is 0 Å². The van der Waals surface area contributed by atoms with E-state index in [9.17, 15) is 14.4 Å². The molecule has 0 aliphatic carbocycles. The molecular formula is C22H24ClN3O3S. The number of carbonyl (C=O) groups excluding carboxylic acids is 3. The van der Waals surface area contributed by atoms with Gasteiger partial charge in [-0.25, -0.2) is 0 Å². The predicted molar refractivity (Wildman–Crippen MR) is 121 cm³/mol. The fourth-order valence-corrected chi connectivity index (χ4v) is 4.17. The lowest BCUT2D eigenvalue weighted by molar-refractivity contribution is -0.129. The molecule has 1 N–H and O–H groups in total. The Morgan fingerprint density at radius 1 is 1.20 bits per heavy atom. The Morgan fingerprint density at radius 3 is 2.50 bits per heavy atom. The summed E-state index contributed by atoms with van der Waals surface area (Å²) in [5.41, 5.74) is 3.74. The van der Waals surface area contributed by atoms with Crippen LogP contribution in [0.3, 0.4) is 0 Å². The molecular weight excluding hydrogens is 422 g/mol. The van der Waals surface area contributed by atoms with E-state index in [-0.39, 0.29) is 12.5 Å². The van der Waals surface area contributed by atoms with E-state index in [0.29, 0.717) is 22.4 Å². The Kier molecular flexibility index (Phi) is 6.73. The summed E-state index contributed by atoms with van der Waals surface area (Å²) in [6, 6.07) is 9.47. The average molecular weight is 446 g/mol. The maximum atomic E-state index is 12.7. The minimum atomic E-state index is -0.444. The number of aryl methyl sites for hydroxylation is 1. The van der Waals surface area contributed by atoms with Crippen LogP contribution in [0, 0.1) is 19.8 Å². The molecule has 3 rings (SSSR count). The van der Waals surface area contributed by atoms with Crippen molar-refractivity contribution in [3.63, 3.8) is 0 Å². The van der Waals surface area contributed by atoms with Crippen LogP contribution in [0.2, 0.25) is 5.02 Å². The molecule has 158 valence electrons. The second-order valence-electron chi connectivity index (χ2n) is 7.60. The van der Waals surface area contributed by atoms with Crippen LogP contribution in [0.25, 0.3) is 11.8 Å². The number of halogens is 1. The van der Waals surface area contributed by atoms with Gasteiger partial charge in [0.2, 0.25) is 5.91 Å². The zero-order valence-electron chi connectivity index (χ0n) is 17.4. The molecule has 2 heterocycles. The summed E-state index contributed by atoms with van der Waals surface area (Å²) in [4.78, 5) is 38.4. The first-order chi connectivity index (χ1) is 14.2. The molecule has 0 spiro atoms. The van der Waals surface area contributed by atoms with Gasteiger partial charge in [0.1, 0.15) is 6.54 Å². The van der Waals surface area contributed by atoms with E-state index in [1.165, 1.54) is 0 Å². The highest BCUT2D eigenvalue weighted by Crippen LogP contribution is 2.33. The van der Waals surface area contributed by atoms with Gasteiger partial charge in [-0.2, -0.15) is 0 Å². The van der Waals surface area contributed by atoms with E-state index in [0.717, 1.165) is 39.3 Å². The van der Waals surface area contributed by atoms with Crippen molar-refractivity contribution in [1.82, 2.24) is 14.8 Å². The molecule has 1 aromatic heterocycles. The van der Waals surface area contributed by atoms with Crippen molar-refractivity contribution >= 4 is 46.5 Å². The van der Waals surface area contributed by atoms with Crippen LogP contribution in [0.1, 0.15) is 30.8 Å². The molecule has 0 bridgehead atoms. The highest BCUT2D eigenvalue weighted by Gasteiger charge is 2.36. The Morgan fingerprint density at radius 2 is 1.87 bits per heavy atom. The van der Waals surface area contributed by atoms with E-state index >= 15 is 0 Å². The van der Waals surface area contributed by atoms with Crippen LogP contribution in [0.15, 0.2) is 35.2 Å². The number of hydrogen-bond acceptors (Lipinski definition) is 4. The van der Waals surface area contributed by atoms with Crippen LogP contribution in [-0.2, 0) is 9.59 Å². The first-order valence-corrected chi connectivity index (χ1v) is 10.8. The summed E-state index contributed by atoms with van der Waals surface area (Å²) < 4.78 is 2.06. The number of hydrogen-bond donors (Lipinski definition) is 1. The number of nitrogens with zero attached hydrogens (tertiary/aromatic N) is 2. The van der Waals surface area contributed by atoms with Crippen molar-refractivity contribution in [2.75, 3.05) is 13.1 Å². The number of nitrogens with one attached hydrogen (secondary N) is 1. The predicted octanol–water partition coefficient (Wildman–Crippen LogP) is 4.56. The molecule has 0 atom stereocenters. The Balaban J connectivity index is 1.81. The zero-order chi connectivity index (χ0) is 22.0. The van der Waals surface area contributed by atoms with Gasteiger partial charge in [0, 0.05) is 28.6 Å². The SMILES string of the molecule is Cc1cc(/C=C2\SC(=O)N(CC(=O)NCC(C)C)C2=O)c(C)n1-c1ccc(Cl)cc1. The molecule has 1 aliphatic heterocycles. The lowest BCUT2D eigenvalue weighted by Gasteiger charge is -2.13. The van der Waals surface area contributed by atoms with Crippen LogP contribution in [-0.4, -0.2) is 39.6 Å². The average Bonchev–Trinajstić information content (AvgIpc) is 3.11. The Bertz CT molecular complexity index is 1020. The number of imide groups is 1. The summed E-state index contributed by atoms with van der Waals surface area (Å²) in [6.45, 7) is 8.12. The summed E-state index contributed by atoms with van der Waals surface area (Å²) in [6.07, 6.45) is 1.71. The van der Waals surface area contributed by atoms with E-state index in [1.807, 2.05) is 58.0 Å². The molecule has 0 unspecified atom stereocenters. The van der Waals surface area contributed by atoms with Gasteiger partial charge in [-0.15, -0.1) is 0 Å². The van der Waals surface area contributed by atoms with Crippen molar-refractivity contribution in [3.05, 3.63) is 57.2 Å². The van der Waals surface area contributed by atoms with Gasteiger partial charge in [0.05, 0.1) is 4.91 Å². The smallest absolute Gasteiger partial charge is 0.294 e. The van der Waals surface area contributed by atoms with Crippen molar-refractivity contribution in [2.45, 2.75) is 27.7 Å². The maximum absolute atomic E-state index is 12.7. The summed E-state index contributed by atoms with van der Waals surface area (Å²) in [5, 5.41) is 2.96. The lowest BCUT2D eigenvalue weighted by Crippen LogP contribution is -2.40. The first-order valence-electron chi connectivity index (χ1n) is 9.64. The van der Waals surface area contributed by atoms with E-state index < -0.39 is 11.1 Å². The summed E-state index contributed by atoms with van der Waals surface area (Å²) in [7, 11) is 0. The van der Waals surface area contributed by atoms with Gasteiger partial charge < -0.3 is 9.88 Å². The van der Waals surface area contributed by atoms with Crippen LogP contribution in [0.4, 0.5) is 4.79 Å².